The third kappa shape index (κ3) is 5.11. The fourth-order valence-corrected chi connectivity index (χ4v) is 2.09. The van der Waals surface area contributed by atoms with Crippen molar-refractivity contribution in [3.8, 4) is 0 Å². The van der Waals surface area contributed by atoms with Crippen molar-refractivity contribution in [2.45, 2.75) is 20.4 Å². The van der Waals surface area contributed by atoms with E-state index in [2.05, 4.69) is 10.6 Å². The molecule has 23 heavy (non-hydrogen) atoms. The summed E-state index contributed by atoms with van der Waals surface area (Å²) in [6, 6.07) is 16.6. The van der Waals surface area contributed by atoms with Gasteiger partial charge in [-0.2, -0.15) is 0 Å². The van der Waals surface area contributed by atoms with Crippen LogP contribution >= 0.6 is 0 Å². The van der Waals surface area contributed by atoms with Crippen LogP contribution in [0.1, 0.15) is 29.8 Å². The normalized spacial score (nSPS) is 9.83. The van der Waals surface area contributed by atoms with Gasteiger partial charge in [0.25, 0.3) is 5.91 Å². The van der Waals surface area contributed by atoms with Gasteiger partial charge < -0.3 is 10.6 Å². The highest BCUT2D eigenvalue weighted by Gasteiger charge is 2.12. The number of nitrogens with one attached hydrogen (secondary N) is 2. The Morgan fingerprint density at radius 3 is 2.30 bits per heavy atom. The summed E-state index contributed by atoms with van der Waals surface area (Å²) in [5.41, 5.74) is 2.86. The van der Waals surface area contributed by atoms with Crippen LogP contribution in [0.3, 0.4) is 0 Å². The first-order chi connectivity index (χ1) is 11.1. The summed E-state index contributed by atoms with van der Waals surface area (Å²) in [4.78, 5) is 24.2. The molecule has 0 bridgehead atoms. The van der Waals surface area contributed by atoms with Crippen molar-refractivity contribution >= 4 is 17.5 Å². The van der Waals surface area contributed by atoms with Gasteiger partial charge in [-0.25, -0.2) is 0 Å². The maximum atomic E-state index is 12.4. The van der Waals surface area contributed by atoms with E-state index in [0.717, 1.165) is 11.1 Å². The van der Waals surface area contributed by atoms with Crippen molar-refractivity contribution < 1.29 is 9.59 Å². The number of allylic oxidation sites excluding steroid dienone is 1. The number of hydrogen-bond donors (Lipinski definition) is 2. The lowest BCUT2D eigenvalue weighted by Gasteiger charge is -2.10. The second-order valence-electron chi connectivity index (χ2n) is 5.42. The molecule has 0 aliphatic heterocycles. The molecule has 4 nitrogen and oxygen atoms in total. The lowest BCUT2D eigenvalue weighted by molar-refractivity contribution is -0.111. The Kier molecular flexibility index (Phi) is 5.69. The van der Waals surface area contributed by atoms with E-state index in [1.807, 2.05) is 44.2 Å². The van der Waals surface area contributed by atoms with Crippen LogP contribution in [0.25, 0.3) is 0 Å². The zero-order chi connectivity index (χ0) is 16.7. The molecule has 2 aromatic carbocycles. The Morgan fingerprint density at radius 2 is 1.61 bits per heavy atom. The number of amides is 2. The third-order valence-corrected chi connectivity index (χ3v) is 3.15. The molecule has 0 heterocycles. The topological polar surface area (TPSA) is 58.2 Å². The van der Waals surface area contributed by atoms with Crippen LogP contribution in [-0.4, -0.2) is 11.8 Å². The average molecular weight is 308 g/mol. The fourth-order valence-electron chi connectivity index (χ4n) is 2.09. The summed E-state index contributed by atoms with van der Waals surface area (Å²) in [7, 11) is 0. The van der Waals surface area contributed by atoms with Gasteiger partial charge in [0.05, 0.1) is 11.3 Å². The molecule has 0 saturated carbocycles. The SMILES string of the molecule is CC(C)=CC(=O)Nc1ccccc1C(=O)NCc1ccccc1. The molecule has 0 fully saturated rings. The Morgan fingerprint density at radius 1 is 0.957 bits per heavy atom. The van der Waals surface area contributed by atoms with Crippen LogP contribution < -0.4 is 10.6 Å². The average Bonchev–Trinajstić information content (AvgIpc) is 2.53. The standard InChI is InChI=1S/C19H20N2O2/c1-14(2)12-18(22)21-17-11-7-6-10-16(17)19(23)20-13-15-8-4-3-5-9-15/h3-12H,13H2,1-2H3,(H,20,23)(H,21,22). The molecule has 0 aliphatic carbocycles. The zero-order valence-corrected chi connectivity index (χ0v) is 13.3. The van der Waals surface area contributed by atoms with Gasteiger partial charge in [0, 0.05) is 12.6 Å². The largest absolute Gasteiger partial charge is 0.348 e. The molecule has 0 unspecified atom stereocenters. The number of carbonyl (C=O) groups excluding carboxylic acids is 2. The molecular weight excluding hydrogens is 288 g/mol. The van der Waals surface area contributed by atoms with Gasteiger partial charge in [0.15, 0.2) is 0 Å². The molecule has 2 rings (SSSR count). The second kappa shape index (κ2) is 7.94. The van der Waals surface area contributed by atoms with E-state index in [9.17, 15) is 9.59 Å². The van der Waals surface area contributed by atoms with Gasteiger partial charge in [-0.05, 0) is 31.5 Å². The van der Waals surface area contributed by atoms with Crippen molar-refractivity contribution in [3.05, 3.63) is 77.4 Å². The highest BCUT2D eigenvalue weighted by atomic mass is 16.2. The van der Waals surface area contributed by atoms with Crippen LogP contribution in [0.4, 0.5) is 5.69 Å². The van der Waals surface area contributed by atoms with Crippen molar-refractivity contribution in [2.24, 2.45) is 0 Å². The van der Waals surface area contributed by atoms with Crippen LogP contribution in [0.2, 0.25) is 0 Å². The molecule has 0 radical (unpaired) electrons. The maximum absolute atomic E-state index is 12.4. The summed E-state index contributed by atoms with van der Waals surface area (Å²) < 4.78 is 0. The molecule has 2 N–H and O–H groups in total. The molecular formula is C19H20N2O2. The molecule has 0 spiro atoms. The first kappa shape index (κ1) is 16.5. The highest BCUT2D eigenvalue weighted by molar-refractivity contribution is 6.06. The second-order valence-corrected chi connectivity index (χ2v) is 5.42. The number of benzene rings is 2. The van der Waals surface area contributed by atoms with Crippen molar-refractivity contribution in [3.63, 3.8) is 0 Å². The van der Waals surface area contributed by atoms with Gasteiger partial charge >= 0.3 is 0 Å². The molecule has 2 amide bonds. The zero-order valence-electron chi connectivity index (χ0n) is 13.3. The molecule has 0 saturated heterocycles. The number of rotatable bonds is 5. The minimum Gasteiger partial charge on any atom is -0.348 e. The van der Waals surface area contributed by atoms with Crippen LogP contribution in [0.15, 0.2) is 66.2 Å². The predicted molar refractivity (Wildman–Crippen MR) is 92.1 cm³/mol. The molecule has 0 atom stereocenters. The number of para-hydroxylation sites is 1. The van der Waals surface area contributed by atoms with Gasteiger partial charge in [-0.3, -0.25) is 9.59 Å². The molecule has 2 aromatic rings. The van der Waals surface area contributed by atoms with Crippen LogP contribution in [0, 0.1) is 0 Å². The smallest absolute Gasteiger partial charge is 0.253 e. The molecule has 118 valence electrons. The van der Waals surface area contributed by atoms with E-state index >= 15 is 0 Å². The summed E-state index contributed by atoms with van der Waals surface area (Å²) in [6.07, 6.45) is 1.50. The van der Waals surface area contributed by atoms with Gasteiger partial charge in [-0.1, -0.05) is 48.0 Å². The molecule has 0 aromatic heterocycles. The summed E-state index contributed by atoms with van der Waals surface area (Å²) in [5.74, 6) is -0.463. The van der Waals surface area contributed by atoms with Crippen LogP contribution in [0.5, 0.6) is 0 Å². The number of hydrogen-bond acceptors (Lipinski definition) is 2. The van der Waals surface area contributed by atoms with Gasteiger partial charge in [0.1, 0.15) is 0 Å². The lowest BCUT2D eigenvalue weighted by Crippen LogP contribution is -2.24. The van der Waals surface area contributed by atoms with Crippen molar-refractivity contribution in [2.75, 3.05) is 5.32 Å². The fraction of sp³-hybridized carbons (Fsp3) is 0.158. The summed E-state index contributed by atoms with van der Waals surface area (Å²) in [5, 5.41) is 5.61. The summed E-state index contributed by atoms with van der Waals surface area (Å²) >= 11 is 0. The minimum absolute atomic E-state index is 0.220. The van der Waals surface area contributed by atoms with E-state index in [0.29, 0.717) is 17.8 Å². The lowest BCUT2D eigenvalue weighted by atomic mass is 10.1. The van der Waals surface area contributed by atoms with E-state index in [4.69, 9.17) is 0 Å². The Bertz CT molecular complexity index is 717. The monoisotopic (exact) mass is 308 g/mol. The first-order valence-corrected chi connectivity index (χ1v) is 7.43. The van der Waals surface area contributed by atoms with E-state index < -0.39 is 0 Å². The quantitative estimate of drug-likeness (QED) is 0.830. The van der Waals surface area contributed by atoms with E-state index in [1.165, 1.54) is 6.08 Å². The molecule has 0 aliphatic rings. The van der Waals surface area contributed by atoms with E-state index in [1.54, 1.807) is 24.3 Å². The maximum Gasteiger partial charge on any atom is 0.253 e. The van der Waals surface area contributed by atoms with Gasteiger partial charge in [-0.15, -0.1) is 0 Å². The van der Waals surface area contributed by atoms with Gasteiger partial charge in [0.2, 0.25) is 5.91 Å². The predicted octanol–water partition coefficient (Wildman–Crippen LogP) is 3.52. The van der Waals surface area contributed by atoms with Crippen LogP contribution in [-0.2, 0) is 11.3 Å². The minimum atomic E-state index is -0.242. The van der Waals surface area contributed by atoms with E-state index in [-0.39, 0.29) is 11.8 Å². The Hall–Kier alpha value is -2.88. The first-order valence-electron chi connectivity index (χ1n) is 7.43. The number of anilines is 1. The number of carbonyl (C=O) groups is 2. The van der Waals surface area contributed by atoms with Crippen molar-refractivity contribution in [1.29, 1.82) is 0 Å². The third-order valence-electron chi connectivity index (χ3n) is 3.15. The Balaban J connectivity index is 2.08. The highest BCUT2D eigenvalue weighted by Crippen LogP contribution is 2.15. The van der Waals surface area contributed by atoms with Crippen molar-refractivity contribution in [1.82, 2.24) is 5.32 Å². The Labute approximate surface area is 136 Å². The summed E-state index contributed by atoms with van der Waals surface area (Å²) in [6.45, 7) is 4.13. The molecule has 4 heteroatoms.